The van der Waals surface area contributed by atoms with Gasteiger partial charge < -0.3 is 15.2 Å². The number of nitrogens with zero attached hydrogens (tertiary/aromatic N) is 3. The highest BCUT2D eigenvalue weighted by atomic mass is 16.5. The number of fused-ring (bicyclic) bond motifs is 1. The van der Waals surface area contributed by atoms with E-state index in [9.17, 15) is 0 Å². The third-order valence-electron chi connectivity index (χ3n) is 3.18. The first kappa shape index (κ1) is 9.59. The van der Waals surface area contributed by atoms with Gasteiger partial charge in [-0.2, -0.15) is 0 Å². The molecule has 0 aliphatic carbocycles. The normalized spacial score (nSPS) is 20.8. The van der Waals surface area contributed by atoms with Crippen molar-refractivity contribution in [1.29, 1.82) is 0 Å². The Kier molecular flexibility index (Phi) is 2.25. The van der Waals surface area contributed by atoms with Crippen LogP contribution in [0.1, 0.15) is 6.42 Å². The third kappa shape index (κ3) is 1.44. The molecule has 3 rings (SSSR count). The van der Waals surface area contributed by atoms with Gasteiger partial charge in [0, 0.05) is 25.4 Å². The van der Waals surface area contributed by atoms with Crippen LogP contribution in [0.25, 0.3) is 11.0 Å². The quantitative estimate of drug-likeness (QED) is 0.814. The summed E-state index contributed by atoms with van der Waals surface area (Å²) < 4.78 is 5.13. The van der Waals surface area contributed by atoms with Crippen molar-refractivity contribution in [3.05, 3.63) is 18.5 Å². The van der Waals surface area contributed by atoms with E-state index < -0.39 is 0 Å². The van der Waals surface area contributed by atoms with Crippen LogP contribution in [0.3, 0.4) is 0 Å². The van der Waals surface area contributed by atoms with E-state index in [0.29, 0.717) is 5.92 Å². The van der Waals surface area contributed by atoms with Gasteiger partial charge in [0.2, 0.25) is 0 Å². The summed E-state index contributed by atoms with van der Waals surface area (Å²) in [6.45, 7) is 2.74. The number of rotatable bonds is 2. The molecule has 1 fully saturated rings. The maximum Gasteiger partial charge on any atom is 0.172 e. The molecular formula is C11H14N4O. The SMILES string of the molecule is NCC1CCN(c2nccc3oncc23)C1. The van der Waals surface area contributed by atoms with Gasteiger partial charge in [-0.25, -0.2) is 4.98 Å². The zero-order chi connectivity index (χ0) is 11.0. The minimum absolute atomic E-state index is 0.580. The molecule has 2 aromatic rings. The van der Waals surface area contributed by atoms with Crippen LogP contribution in [0, 0.1) is 5.92 Å². The van der Waals surface area contributed by atoms with Crippen molar-refractivity contribution in [2.24, 2.45) is 11.7 Å². The molecule has 1 unspecified atom stereocenters. The maximum atomic E-state index is 5.69. The second-order valence-electron chi connectivity index (χ2n) is 4.21. The molecule has 5 nitrogen and oxygen atoms in total. The Balaban J connectivity index is 1.97. The van der Waals surface area contributed by atoms with Crippen LogP contribution in [0.5, 0.6) is 0 Å². The van der Waals surface area contributed by atoms with E-state index in [1.807, 2.05) is 6.07 Å². The van der Waals surface area contributed by atoms with E-state index in [2.05, 4.69) is 15.0 Å². The molecule has 1 atom stereocenters. The number of aromatic nitrogens is 2. The molecule has 0 saturated carbocycles. The molecule has 1 aliphatic rings. The number of pyridine rings is 1. The fraction of sp³-hybridized carbons (Fsp3) is 0.455. The highest BCUT2D eigenvalue weighted by Gasteiger charge is 2.24. The molecular weight excluding hydrogens is 204 g/mol. The number of hydrogen-bond donors (Lipinski definition) is 1. The first-order valence-corrected chi connectivity index (χ1v) is 5.53. The fourth-order valence-electron chi connectivity index (χ4n) is 2.25. The van der Waals surface area contributed by atoms with Crippen molar-refractivity contribution in [3.8, 4) is 0 Å². The van der Waals surface area contributed by atoms with Crippen molar-refractivity contribution in [2.75, 3.05) is 24.5 Å². The monoisotopic (exact) mass is 218 g/mol. The maximum absolute atomic E-state index is 5.69. The Bertz CT molecular complexity index is 495. The smallest absolute Gasteiger partial charge is 0.172 e. The minimum Gasteiger partial charge on any atom is -0.356 e. The predicted octanol–water partition coefficient (Wildman–Crippen LogP) is 1.01. The van der Waals surface area contributed by atoms with Gasteiger partial charge in [-0.15, -0.1) is 0 Å². The summed E-state index contributed by atoms with van der Waals surface area (Å²) in [5, 5.41) is 4.79. The lowest BCUT2D eigenvalue weighted by atomic mass is 10.1. The van der Waals surface area contributed by atoms with Crippen LogP contribution in [0.15, 0.2) is 23.0 Å². The largest absolute Gasteiger partial charge is 0.356 e. The summed E-state index contributed by atoms with van der Waals surface area (Å²) in [6.07, 6.45) is 4.63. The van der Waals surface area contributed by atoms with Gasteiger partial charge in [0.25, 0.3) is 0 Å². The second-order valence-corrected chi connectivity index (χ2v) is 4.21. The van der Waals surface area contributed by atoms with Crippen LogP contribution in [0.4, 0.5) is 5.82 Å². The Morgan fingerprint density at radius 3 is 3.31 bits per heavy atom. The Labute approximate surface area is 93.2 Å². The lowest BCUT2D eigenvalue weighted by Gasteiger charge is -2.17. The molecule has 5 heteroatoms. The topological polar surface area (TPSA) is 68.2 Å². The Morgan fingerprint density at radius 1 is 1.56 bits per heavy atom. The molecule has 0 bridgehead atoms. The molecule has 84 valence electrons. The zero-order valence-corrected chi connectivity index (χ0v) is 8.97. The van der Waals surface area contributed by atoms with Crippen molar-refractivity contribution < 1.29 is 4.52 Å². The van der Waals surface area contributed by atoms with Gasteiger partial charge in [0.1, 0.15) is 5.82 Å². The van der Waals surface area contributed by atoms with Crippen LogP contribution in [-0.2, 0) is 0 Å². The van der Waals surface area contributed by atoms with Crippen molar-refractivity contribution >= 4 is 16.8 Å². The average Bonchev–Trinajstić information content (AvgIpc) is 2.97. The highest BCUT2D eigenvalue weighted by molar-refractivity contribution is 5.87. The van der Waals surface area contributed by atoms with Gasteiger partial charge in [-0.3, -0.25) is 0 Å². The second kappa shape index (κ2) is 3.75. The summed E-state index contributed by atoms with van der Waals surface area (Å²) >= 11 is 0. The van der Waals surface area contributed by atoms with Gasteiger partial charge in [-0.05, 0) is 18.9 Å². The molecule has 2 N–H and O–H groups in total. The number of anilines is 1. The van der Waals surface area contributed by atoms with Crippen LogP contribution in [0.2, 0.25) is 0 Å². The molecule has 16 heavy (non-hydrogen) atoms. The minimum atomic E-state index is 0.580. The molecule has 0 radical (unpaired) electrons. The number of hydrogen-bond acceptors (Lipinski definition) is 5. The summed E-state index contributed by atoms with van der Waals surface area (Å²) in [6, 6.07) is 1.84. The third-order valence-corrected chi connectivity index (χ3v) is 3.18. The summed E-state index contributed by atoms with van der Waals surface area (Å²) in [5.41, 5.74) is 6.48. The van der Waals surface area contributed by atoms with Crippen LogP contribution >= 0.6 is 0 Å². The van der Waals surface area contributed by atoms with E-state index in [1.54, 1.807) is 12.4 Å². The van der Waals surface area contributed by atoms with Crippen molar-refractivity contribution in [2.45, 2.75) is 6.42 Å². The zero-order valence-electron chi connectivity index (χ0n) is 8.97. The lowest BCUT2D eigenvalue weighted by molar-refractivity contribution is 0.456. The predicted molar refractivity (Wildman–Crippen MR) is 61.2 cm³/mol. The van der Waals surface area contributed by atoms with E-state index in [1.165, 1.54) is 0 Å². The highest BCUT2D eigenvalue weighted by Crippen LogP contribution is 2.28. The van der Waals surface area contributed by atoms with E-state index in [0.717, 1.165) is 42.8 Å². The summed E-state index contributed by atoms with van der Waals surface area (Å²) in [7, 11) is 0. The molecule has 3 heterocycles. The molecule has 0 amide bonds. The first-order valence-electron chi connectivity index (χ1n) is 5.53. The van der Waals surface area contributed by atoms with Crippen LogP contribution in [-0.4, -0.2) is 29.8 Å². The molecule has 0 spiro atoms. The van der Waals surface area contributed by atoms with Gasteiger partial charge in [-0.1, -0.05) is 5.16 Å². The summed E-state index contributed by atoms with van der Waals surface area (Å²) in [5.74, 6) is 1.55. The van der Waals surface area contributed by atoms with Crippen molar-refractivity contribution in [3.63, 3.8) is 0 Å². The van der Waals surface area contributed by atoms with Gasteiger partial charge in [0.05, 0.1) is 11.6 Å². The van der Waals surface area contributed by atoms with E-state index in [4.69, 9.17) is 10.3 Å². The first-order chi connectivity index (χ1) is 7.88. The fourth-order valence-corrected chi connectivity index (χ4v) is 2.25. The molecule has 2 aromatic heterocycles. The molecule has 1 aliphatic heterocycles. The van der Waals surface area contributed by atoms with Gasteiger partial charge in [0.15, 0.2) is 5.58 Å². The number of nitrogens with two attached hydrogens (primary N) is 1. The average molecular weight is 218 g/mol. The summed E-state index contributed by atoms with van der Waals surface area (Å²) in [4.78, 5) is 6.68. The molecule has 0 aromatic carbocycles. The van der Waals surface area contributed by atoms with Crippen LogP contribution < -0.4 is 10.6 Å². The van der Waals surface area contributed by atoms with E-state index >= 15 is 0 Å². The molecule has 1 saturated heterocycles. The standard InChI is InChI=1S/C11H14N4O/c12-5-8-2-4-15(7-8)11-9-6-14-16-10(9)1-3-13-11/h1,3,6,8H,2,4-5,7,12H2. The van der Waals surface area contributed by atoms with Crippen molar-refractivity contribution in [1.82, 2.24) is 10.1 Å². The van der Waals surface area contributed by atoms with E-state index in [-0.39, 0.29) is 0 Å². The Hall–Kier alpha value is -1.62. The Morgan fingerprint density at radius 2 is 2.50 bits per heavy atom. The lowest BCUT2D eigenvalue weighted by Crippen LogP contribution is -2.23. The van der Waals surface area contributed by atoms with Gasteiger partial charge >= 0.3 is 0 Å².